The van der Waals surface area contributed by atoms with Gasteiger partial charge in [-0.2, -0.15) is 0 Å². The molecule has 0 saturated carbocycles. The molecule has 81 heavy (non-hydrogen) atoms. The topological polar surface area (TPSA) is 311 Å². The highest BCUT2D eigenvalue weighted by molar-refractivity contribution is 7.23. The van der Waals surface area contributed by atoms with Crippen molar-refractivity contribution in [1.29, 1.82) is 0 Å². The molecule has 0 unspecified atom stereocenters. The number of amides is 4. The second-order valence-electron chi connectivity index (χ2n) is 15.9. The van der Waals surface area contributed by atoms with E-state index in [1.807, 2.05) is 0 Å². The van der Waals surface area contributed by atoms with E-state index in [2.05, 4.69) is 30.2 Å². The van der Waals surface area contributed by atoms with E-state index in [0.717, 1.165) is 45.6 Å². The third-order valence-corrected chi connectivity index (χ3v) is 14.1. The quantitative estimate of drug-likeness (QED) is 0.0594. The number of nitrogens with one attached hydrogen (secondary N) is 3. The minimum Gasteiger partial charge on any atom is -0.494 e. The fourth-order valence-electron chi connectivity index (χ4n) is 6.59. The molecule has 9 aromatic rings. The summed E-state index contributed by atoms with van der Waals surface area (Å²) >= 11 is 3.62. The number of nitrogens with zero attached hydrogens (tertiary/aromatic N) is 2. The van der Waals surface area contributed by atoms with Gasteiger partial charge in [-0.25, -0.2) is 51.5 Å². The van der Waals surface area contributed by atoms with E-state index in [0.29, 0.717) is 42.0 Å². The number of carboxylic acid groups (broad SMARTS) is 1. The van der Waals surface area contributed by atoms with Crippen LogP contribution in [0.3, 0.4) is 0 Å². The zero-order chi connectivity index (χ0) is 59.4. The zero-order valence-corrected chi connectivity index (χ0v) is 45.9. The normalized spacial score (nSPS) is 10.4. The minimum absolute atomic E-state index is 0.000528. The fourth-order valence-corrected chi connectivity index (χ4v) is 9.45. The SMILES string of the molecule is CNc1cc2oc(=O)c(C(=O)OC)cc2s1.COC(=O)c1cc2sc(N(C)C(=O)Nc3ccc(F)c(OC)c3)cc2oc1=O.COc1cc(N)ccc1F.COc1cc(NC(=O)N(C)c2cc3oc(=O)c(C(=O)O)cc3s2)ccc1F. The van der Waals surface area contributed by atoms with Crippen LogP contribution in [-0.4, -0.2) is 91.8 Å². The summed E-state index contributed by atoms with van der Waals surface area (Å²) < 4.78 is 79.7. The smallest absolute Gasteiger partial charge is 0.351 e. The van der Waals surface area contributed by atoms with Crippen LogP contribution in [0.25, 0.3) is 30.8 Å². The number of aromatic carboxylic acids is 1. The second kappa shape index (κ2) is 26.7. The molecular weight excluding hydrogens is 1130 g/mol. The van der Waals surface area contributed by atoms with Crippen molar-refractivity contribution in [2.45, 2.75) is 0 Å². The maximum Gasteiger partial charge on any atom is 0.351 e. The molecule has 6 heterocycles. The highest BCUT2D eigenvalue weighted by atomic mass is 32.1. The number of anilines is 6. The van der Waals surface area contributed by atoms with Gasteiger partial charge in [-0.3, -0.25) is 9.80 Å². The number of carbonyl (C=O) groups excluding carboxylic acids is 4. The van der Waals surface area contributed by atoms with Gasteiger partial charge in [0.1, 0.15) is 26.7 Å². The summed E-state index contributed by atoms with van der Waals surface area (Å²) in [5.74, 6) is -4.21. The molecule has 6 N–H and O–H groups in total. The number of nitrogen functional groups attached to an aromatic ring is 1. The molecule has 0 saturated heterocycles. The predicted molar refractivity (Wildman–Crippen MR) is 298 cm³/mol. The Morgan fingerprint density at radius 2 is 0.901 bits per heavy atom. The first-order valence-corrected chi connectivity index (χ1v) is 25.1. The van der Waals surface area contributed by atoms with Gasteiger partial charge in [-0.15, -0.1) is 34.0 Å². The van der Waals surface area contributed by atoms with Crippen molar-refractivity contribution >= 4 is 127 Å². The third-order valence-electron chi connectivity index (χ3n) is 10.8. The average molecular weight is 1180 g/mol. The van der Waals surface area contributed by atoms with Gasteiger partial charge in [0.2, 0.25) is 0 Å². The Hall–Kier alpha value is -9.87. The lowest BCUT2D eigenvalue weighted by Crippen LogP contribution is -2.30. The van der Waals surface area contributed by atoms with Crippen molar-refractivity contribution in [2.24, 2.45) is 0 Å². The molecule has 3 aromatic carbocycles. The van der Waals surface area contributed by atoms with Gasteiger partial charge in [0.15, 0.2) is 51.4 Å². The first kappa shape index (κ1) is 60.4. The molecule has 0 aliphatic rings. The standard InChI is InChI=1S/C18H15FN2O6S.C17H13FN2O6S.C10H9NO4S.C7H8FNO/c1-21(18(24)20-9-4-5-11(19)12(6-9)25-2)15-8-13-14(28-15)7-10(16(22)26-3)17(23)27-13;1-20(17(24)19-8-3-4-10(18)11(5-8)25-2)14-7-12-13(27-14)6-9(15(21)22)16(23)26-12;1-11-8-4-6-7(16-8)3-5(9(12)14-2)10(13)15-6;1-10-7-4-5(9)2-3-6(7)8/h4-8H,1-3H3,(H,20,24);3-7H,1-2H3,(H,19,24)(H,21,22);3-4,11H,1-2H3;2-4H,9H2,1H3. The molecular formula is C52H45F3N6O17S3. The lowest BCUT2D eigenvalue weighted by Gasteiger charge is -2.16. The van der Waals surface area contributed by atoms with Crippen LogP contribution < -0.4 is 62.6 Å². The highest BCUT2D eigenvalue weighted by Gasteiger charge is 2.22. The first-order valence-electron chi connectivity index (χ1n) is 22.7. The van der Waals surface area contributed by atoms with Crippen LogP contribution in [0.1, 0.15) is 31.1 Å². The molecule has 29 heteroatoms. The van der Waals surface area contributed by atoms with Crippen LogP contribution >= 0.6 is 34.0 Å². The first-order chi connectivity index (χ1) is 38.5. The molecule has 0 fully saturated rings. The Labute approximate surface area is 466 Å². The molecule has 4 amide bonds. The van der Waals surface area contributed by atoms with Crippen molar-refractivity contribution in [3.05, 3.63) is 156 Å². The Kier molecular flexibility index (Phi) is 19.9. The number of nitrogens with two attached hydrogens (primary N) is 1. The number of ether oxygens (including phenoxy) is 5. The minimum atomic E-state index is -1.39. The number of methoxy groups -OCH3 is 5. The number of fused-ring (bicyclic) bond motifs is 3. The molecule has 0 bridgehead atoms. The van der Waals surface area contributed by atoms with Crippen LogP contribution in [-0.2, 0) is 9.47 Å². The number of carboxylic acids is 1. The van der Waals surface area contributed by atoms with Crippen molar-refractivity contribution in [3.8, 4) is 17.2 Å². The summed E-state index contributed by atoms with van der Waals surface area (Å²) in [5.41, 5.74) is 4.13. The largest absolute Gasteiger partial charge is 0.494 e. The molecule has 424 valence electrons. The molecule has 0 aliphatic carbocycles. The fraction of sp³-hybridized carbons (Fsp3) is 0.154. The molecule has 6 aromatic heterocycles. The predicted octanol–water partition coefficient (Wildman–Crippen LogP) is 9.93. The summed E-state index contributed by atoms with van der Waals surface area (Å²) in [6.45, 7) is 0. The van der Waals surface area contributed by atoms with Crippen LogP contribution in [0.5, 0.6) is 17.2 Å². The molecule has 9 rings (SSSR count). The summed E-state index contributed by atoms with van der Waals surface area (Å²) in [6.07, 6.45) is 0. The van der Waals surface area contributed by atoms with E-state index in [4.69, 9.17) is 33.6 Å². The van der Waals surface area contributed by atoms with E-state index in [-0.39, 0.29) is 39.5 Å². The number of halogens is 3. The van der Waals surface area contributed by atoms with Crippen molar-refractivity contribution in [3.63, 3.8) is 0 Å². The van der Waals surface area contributed by atoms with Gasteiger partial charge in [0.05, 0.1) is 54.6 Å². The Morgan fingerprint density at radius 3 is 1.28 bits per heavy atom. The number of hydrogen-bond acceptors (Lipinski definition) is 21. The number of hydrogen-bond donors (Lipinski definition) is 5. The molecule has 23 nitrogen and oxygen atoms in total. The number of thiophene rings is 3. The number of esters is 2. The molecule has 0 aliphatic heterocycles. The number of carbonyl (C=O) groups is 5. The molecule has 0 spiro atoms. The van der Waals surface area contributed by atoms with Crippen molar-refractivity contribution in [1.82, 2.24) is 0 Å². The van der Waals surface area contributed by atoms with Gasteiger partial charge in [-0.1, -0.05) is 0 Å². The number of urea groups is 2. The monoisotopic (exact) mass is 1180 g/mol. The zero-order valence-electron chi connectivity index (χ0n) is 43.5. The maximum atomic E-state index is 13.5. The van der Waals surface area contributed by atoms with Crippen LogP contribution in [0, 0.1) is 17.5 Å². The second-order valence-corrected chi connectivity index (χ2v) is 19.1. The average Bonchev–Trinajstić information content (AvgIpc) is 4.25. The van der Waals surface area contributed by atoms with E-state index >= 15 is 0 Å². The van der Waals surface area contributed by atoms with Crippen LogP contribution in [0.2, 0.25) is 0 Å². The maximum absolute atomic E-state index is 13.5. The van der Waals surface area contributed by atoms with E-state index < -0.39 is 69.9 Å². The number of benzene rings is 3. The van der Waals surface area contributed by atoms with E-state index in [9.17, 15) is 51.5 Å². The van der Waals surface area contributed by atoms with E-state index in [1.165, 1.54) is 143 Å². The third kappa shape index (κ3) is 14.6. The summed E-state index contributed by atoms with van der Waals surface area (Å²) in [5, 5.41) is 18.9. The van der Waals surface area contributed by atoms with Crippen molar-refractivity contribution in [2.75, 3.05) is 88.2 Å². The van der Waals surface area contributed by atoms with Crippen molar-refractivity contribution < 1.29 is 79.2 Å². The van der Waals surface area contributed by atoms with Gasteiger partial charge < -0.3 is 63.7 Å². The Balaban J connectivity index is 0.000000185. The van der Waals surface area contributed by atoms with Gasteiger partial charge >= 0.3 is 46.8 Å². The Morgan fingerprint density at radius 1 is 0.531 bits per heavy atom. The number of rotatable bonds is 11. The van der Waals surface area contributed by atoms with Gasteiger partial charge in [0, 0.05) is 74.6 Å². The molecule has 0 atom stereocenters. The van der Waals surface area contributed by atoms with Gasteiger partial charge in [0.25, 0.3) is 0 Å². The van der Waals surface area contributed by atoms with Gasteiger partial charge in [-0.05, 0) is 54.6 Å². The lowest BCUT2D eigenvalue weighted by atomic mass is 10.3. The summed E-state index contributed by atoms with van der Waals surface area (Å²) in [6, 6.07) is 19.7. The highest BCUT2D eigenvalue weighted by Crippen LogP contribution is 2.35. The van der Waals surface area contributed by atoms with Crippen LogP contribution in [0.4, 0.5) is 54.8 Å². The summed E-state index contributed by atoms with van der Waals surface area (Å²) in [4.78, 5) is 96.3. The van der Waals surface area contributed by atoms with E-state index in [1.54, 1.807) is 13.1 Å². The lowest BCUT2D eigenvalue weighted by molar-refractivity contribution is 0.0587. The summed E-state index contributed by atoms with van der Waals surface area (Å²) in [7, 11) is 11.2. The van der Waals surface area contributed by atoms with Crippen LogP contribution in [0.15, 0.2) is 119 Å². The Bertz CT molecular complexity index is 4020. The molecule has 0 radical (unpaired) electrons.